The van der Waals surface area contributed by atoms with E-state index < -0.39 is 15.6 Å². The van der Waals surface area contributed by atoms with Gasteiger partial charge in [0.1, 0.15) is 4.90 Å². The van der Waals surface area contributed by atoms with Gasteiger partial charge in [0.2, 0.25) is 15.3 Å². The molecular formula is C10H14ClN3O2S. The topological polar surface area (TPSA) is 72.0 Å². The molecule has 0 aromatic carbocycles. The number of nitrogens with zero attached hydrogens (tertiary/aromatic N) is 2. The maximum absolute atomic E-state index is 12.1. The zero-order chi connectivity index (χ0) is 12.7. The number of sulfonamides is 1. The molecule has 17 heavy (non-hydrogen) atoms. The van der Waals surface area contributed by atoms with E-state index in [0.717, 1.165) is 12.8 Å². The molecule has 5 nitrogen and oxygen atoms in total. The Morgan fingerprint density at radius 3 is 2.35 bits per heavy atom. The fourth-order valence-corrected chi connectivity index (χ4v) is 3.19. The summed E-state index contributed by atoms with van der Waals surface area (Å²) in [5, 5.41) is 0.0328. The van der Waals surface area contributed by atoms with Crippen LogP contribution < -0.4 is 4.72 Å². The minimum atomic E-state index is -3.57. The molecule has 0 atom stereocenters. The average molecular weight is 276 g/mol. The molecule has 0 bridgehead atoms. The van der Waals surface area contributed by atoms with Gasteiger partial charge in [-0.2, -0.15) is 0 Å². The van der Waals surface area contributed by atoms with Gasteiger partial charge in [0, 0.05) is 5.54 Å². The first kappa shape index (κ1) is 12.7. The fraction of sp³-hybridized carbons (Fsp3) is 0.600. The molecule has 1 heterocycles. The van der Waals surface area contributed by atoms with E-state index in [1.54, 1.807) is 0 Å². The highest BCUT2D eigenvalue weighted by Gasteiger charge is 2.40. The van der Waals surface area contributed by atoms with Gasteiger partial charge in [-0.3, -0.25) is 0 Å². The van der Waals surface area contributed by atoms with Crippen LogP contribution in [0, 0.1) is 5.92 Å². The van der Waals surface area contributed by atoms with Gasteiger partial charge in [0.15, 0.2) is 0 Å². The molecule has 0 amide bonds. The predicted molar refractivity (Wildman–Crippen MR) is 64.2 cm³/mol. The minimum absolute atomic E-state index is 0.0328. The number of nitrogens with one attached hydrogen (secondary N) is 1. The molecule has 2 rings (SSSR count). The van der Waals surface area contributed by atoms with E-state index in [0.29, 0.717) is 5.92 Å². The van der Waals surface area contributed by atoms with Crippen molar-refractivity contribution in [1.82, 2.24) is 14.7 Å². The number of hydrogen-bond donors (Lipinski definition) is 1. The zero-order valence-electron chi connectivity index (χ0n) is 9.64. The highest BCUT2D eigenvalue weighted by molar-refractivity contribution is 7.89. The number of rotatable bonds is 4. The van der Waals surface area contributed by atoms with Gasteiger partial charge in [-0.1, -0.05) is 0 Å². The lowest BCUT2D eigenvalue weighted by Gasteiger charge is -2.25. The Kier molecular flexibility index (Phi) is 3.14. The van der Waals surface area contributed by atoms with Crippen LogP contribution in [0.25, 0.3) is 0 Å². The first-order chi connectivity index (χ1) is 7.81. The fourth-order valence-electron chi connectivity index (χ4n) is 1.73. The molecule has 1 N–H and O–H groups in total. The second kappa shape index (κ2) is 4.19. The molecule has 7 heteroatoms. The van der Waals surface area contributed by atoms with Crippen LogP contribution in [-0.4, -0.2) is 23.9 Å². The van der Waals surface area contributed by atoms with Gasteiger partial charge in [0.05, 0.1) is 12.4 Å². The van der Waals surface area contributed by atoms with Crippen LogP contribution in [0.15, 0.2) is 17.3 Å². The summed E-state index contributed by atoms with van der Waals surface area (Å²) >= 11 is 5.52. The predicted octanol–water partition coefficient (Wildman–Crippen LogP) is 1.60. The van der Waals surface area contributed by atoms with Crippen molar-refractivity contribution in [2.45, 2.75) is 37.1 Å². The van der Waals surface area contributed by atoms with Crippen molar-refractivity contribution in [3.8, 4) is 0 Å². The van der Waals surface area contributed by atoms with E-state index >= 15 is 0 Å². The Labute approximate surface area is 106 Å². The Morgan fingerprint density at radius 2 is 1.88 bits per heavy atom. The van der Waals surface area contributed by atoms with E-state index in [1.165, 1.54) is 12.4 Å². The Balaban J connectivity index is 2.21. The minimum Gasteiger partial charge on any atom is -0.225 e. The third-order valence-corrected chi connectivity index (χ3v) is 4.72. The molecular weight excluding hydrogens is 262 g/mol. The lowest BCUT2D eigenvalue weighted by molar-refractivity contribution is 0.400. The van der Waals surface area contributed by atoms with E-state index in [2.05, 4.69) is 14.7 Å². The van der Waals surface area contributed by atoms with Gasteiger partial charge in [-0.25, -0.2) is 23.1 Å². The van der Waals surface area contributed by atoms with Crippen LogP contribution in [0.4, 0.5) is 0 Å². The molecule has 0 radical (unpaired) electrons. The second-order valence-corrected chi connectivity index (χ2v) is 6.81. The maximum Gasteiger partial charge on any atom is 0.244 e. The summed E-state index contributed by atoms with van der Waals surface area (Å²) < 4.78 is 26.8. The average Bonchev–Trinajstić information content (AvgIpc) is 2.99. The summed E-state index contributed by atoms with van der Waals surface area (Å²) in [7, 11) is -3.57. The molecule has 1 saturated carbocycles. The lowest BCUT2D eigenvalue weighted by atomic mass is 10.0. The summed E-state index contributed by atoms with van der Waals surface area (Å²) in [5.74, 6) is 0.408. The van der Waals surface area contributed by atoms with Crippen LogP contribution in [0.1, 0.15) is 26.7 Å². The van der Waals surface area contributed by atoms with Gasteiger partial charge in [-0.15, -0.1) is 0 Å². The number of aromatic nitrogens is 2. The lowest BCUT2D eigenvalue weighted by Crippen LogP contribution is -2.45. The van der Waals surface area contributed by atoms with Gasteiger partial charge in [-0.05, 0) is 44.2 Å². The van der Waals surface area contributed by atoms with Crippen molar-refractivity contribution in [3.63, 3.8) is 0 Å². The van der Waals surface area contributed by atoms with Crippen molar-refractivity contribution < 1.29 is 8.42 Å². The normalized spacial score (nSPS) is 17.1. The summed E-state index contributed by atoms with van der Waals surface area (Å²) in [6.07, 6.45) is 4.54. The van der Waals surface area contributed by atoms with Crippen molar-refractivity contribution in [2.75, 3.05) is 0 Å². The molecule has 0 saturated heterocycles. The van der Waals surface area contributed by atoms with Crippen LogP contribution in [0.5, 0.6) is 0 Å². The standard InChI is InChI=1S/C10H14ClN3O2S/c1-10(2,7-3-4-7)14-17(15,16)8-5-12-9(11)13-6-8/h5-7,14H,3-4H2,1-2H3. The van der Waals surface area contributed by atoms with Crippen molar-refractivity contribution in [3.05, 3.63) is 17.7 Å². The second-order valence-electron chi connectivity index (χ2n) is 4.79. The molecule has 0 spiro atoms. The monoisotopic (exact) mass is 275 g/mol. The van der Waals surface area contributed by atoms with E-state index in [4.69, 9.17) is 11.6 Å². The molecule has 1 fully saturated rings. The first-order valence-electron chi connectivity index (χ1n) is 5.33. The highest BCUT2D eigenvalue weighted by atomic mass is 35.5. The van der Waals surface area contributed by atoms with Crippen molar-refractivity contribution in [1.29, 1.82) is 0 Å². The zero-order valence-corrected chi connectivity index (χ0v) is 11.2. The van der Waals surface area contributed by atoms with Crippen LogP contribution >= 0.6 is 11.6 Å². The summed E-state index contributed by atoms with van der Waals surface area (Å²) in [4.78, 5) is 7.38. The highest BCUT2D eigenvalue weighted by Crippen LogP contribution is 2.39. The molecule has 94 valence electrons. The number of hydrogen-bond acceptors (Lipinski definition) is 4. The van der Waals surface area contributed by atoms with E-state index in [9.17, 15) is 8.42 Å². The molecule has 1 aromatic heterocycles. The molecule has 1 aromatic rings. The van der Waals surface area contributed by atoms with Gasteiger partial charge >= 0.3 is 0 Å². The third kappa shape index (κ3) is 2.94. The third-order valence-electron chi connectivity index (χ3n) is 2.90. The van der Waals surface area contributed by atoms with Crippen LogP contribution in [-0.2, 0) is 10.0 Å². The van der Waals surface area contributed by atoms with E-state index in [-0.39, 0.29) is 10.2 Å². The Hall–Kier alpha value is -0.720. The van der Waals surface area contributed by atoms with E-state index in [1.807, 2.05) is 13.8 Å². The van der Waals surface area contributed by atoms with Crippen LogP contribution in [0.3, 0.4) is 0 Å². The number of halogens is 1. The molecule has 0 aliphatic heterocycles. The summed E-state index contributed by atoms with van der Waals surface area (Å²) in [5.41, 5.74) is -0.432. The molecule has 1 aliphatic rings. The van der Waals surface area contributed by atoms with Gasteiger partial charge in [0.25, 0.3) is 0 Å². The maximum atomic E-state index is 12.1. The van der Waals surface area contributed by atoms with Crippen molar-refractivity contribution in [2.24, 2.45) is 5.92 Å². The first-order valence-corrected chi connectivity index (χ1v) is 7.19. The Morgan fingerprint density at radius 1 is 1.35 bits per heavy atom. The molecule has 1 aliphatic carbocycles. The summed E-state index contributed by atoms with van der Waals surface area (Å²) in [6.45, 7) is 3.78. The quantitative estimate of drug-likeness (QED) is 0.847. The summed E-state index contributed by atoms with van der Waals surface area (Å²) in [6, 6.07) is 0. The Bertz CT molecular complexity index is 509. The smallest absolute Gasteiger partial charge is 0.225 e. The largest absolute Gasteiger partial charge is 0.244 e. The molecule has 0 unspecified atom stereocenters. The SMILES string of the molecule is CC(C)(NS(=O)(=O)c1cnc(Cl)nc1)C1CC1. The van der Waals surface area contributed by atoms with Crippen molar-refractivity contribution >= 4 is 21.6 Å². The van der Waals surface area contributed by atoms with Crippen LogP contribution in [0.2, 0.25) is 5.28 Å². The van der Waals surface area contributed by atoms with Gasteiger partial charge < -0.3 is 0 Å².